The van der Waals surface area contributed by atoms with Crippen molar-refractivity contribution in [3.8, 4) is 0 Å². The summed E-state index contributed by atoms with van der Waals surface area (Å²) in [5, 5.41) is 14.3. The molecule has 0 bridgehead atoms. The van der Waals surface area contributed by atoms with Gasteiger partial charge in [0.15, 0.2) is 0 Å². The maximum absolute atomic E-state index is 11.7. The summed E-state index contributed by atoms with van der Waals surface area (Å²) in [7, 11) is 0. The first-order valence-electron chi connectivity index (χ1n) is 5.55. The maximum atomic E-state index is 11.7. The molecule has 0 aromatic heterocycles. The third kappa shape index (κ3) is 4.61. The van der Waals surface area contributed by atoms with Gasteiger partial charge < -0.3 is 15.7 Å². The van der Waals surface area contributed by atoms with Gasteiger partial charge in [0.1, 0.15) is 0 Å². The van der Waals surface area contributed by atoms with E-state index in [4.69, 9.17) is 28.3 Å². The van der Waals surface area contributed by atoms with Crippen LogP contribution in [0, 0.1) is 6.92 Å². The molecule has 2 amide bonds. The van der Waals surface area contributed by atoms with Gasteiger partial charge in [0.05, 0.1) is 22.2 Å². The second kappa shape index (κ2) is 6.63. The Morgan fingerprint density at radius 1 is 1.37 bits per heavy atom. The van der Waals surface area contributed by atoms with Crippen molar-refractivity contribution in [1.29, 1.82) is 0 Å². The summed E-state index contributed by atoms with van der Waals surface area (Å²) in [6.07, 6.45) is -0.164. The minimum Gasteiger partial charge on any atom is -0.481 e. The van der Waals surface area contributed by atoms with Crippen LogP contribution < -0.4 is 10.6 Å². The van der Waals surface area contributed by atoms with Crippen LogP contribution in [-0.4, -0.2) is 23.1 Å². The molecule has 5 nitrogen and oxygen atoms in total. The van der Waals surface area contributed by atoms with Gasteiger partial charge in [-0.3, -0.25) is 4.79 Å². The van der Waals surface area contributed by atoms with Crippen molar-refractivity contribution in [2.45, 2.75) is 26.3 Å². The zero-order valence-corrected chi connectivity index (χ0v) is 12.0. The Labute approximate surface area is 120 Å². The highest BCUT2D eigenvalue weighted by Gasteiger charge is 2.14. The van der Waals surface area contributed by atoms with Crippen molar-refractivity contribution < 1.29 is 14.7 Å². The van der Waals surface area contributed by atoms with E-state index in [1.54, 1.807) is 26.0 Å². The molecule has 0 aliphatic rings. The first-order valence-corrected chi connectivity index (χ1v) is 6.30. The fourth-order valence-electron chi connectivity index (χ4n) is 1.46. The summed E-state index contributed by atoms with van der Waals surface area (Å²) in [5.74, 6) is -0.987. The Morgan fingerprint density at radius 3 is 2.58 bits per heavy atom. The fraction of sp³-hybridized carbons (Fsp3) is 0.333. The number of anilines is 1. The molecule has 19 heavy (non-hydrogen) atoms. The second-order valence-electron chi connectivity index (χ2n) is 4.15. The van der Waals surface area contributed by atoms with Crippen LogP contribution in [0.25, 0.3) is 0 Å². The highest BCUT2D eigenvalue weighted by molar-refractivity contribution is 6.40. The predicted octanol–water partition coefficient (Wildman–Crippen LogP) is 3.29. The molecule has 1 rings (SSSR count). The third-order valence-corrected chi connectivity index (χ3v) is 3.18. The zero-order chi connectivity index (χ0) is 14.6. The van der Waals surface area contributed by atoms with Crippen LogP contribution in [0.3, 0.4) is 0 Å². The molecule has 0 saturated heterocycles. The maximum Gasteiger partial charge on any atom is 0.319 e. The largest absolute Gasteiger partial charge is 0.481 e. The van der Waals surface area contributed by atoms with Gasteiger partial charge in [-0.1, -0.05) is 29.3 Å². The highest BCUT2D eigenvalue weighted by atomic mass is 35.5. The molecule has 0 radical (unpaired) electrons. The quantitative estimate of drug-likeness (QED) is 0.798. The first kappa shape index (κ1) is 15.6. The van der Waals surface area contributed by atoms with Crippen molar-refractivity contribution in [2.75, 3.05) is 5.32 Å². The minimum atomic E-state index is -0.987. The number of hydrogen-bond acceptors (Lipinski definition) is 2. The van der Waals surface area contributed by atoms with Gasteiger partial charge >= 0.3 is 12.0 Å². The molecule has 0 aliphatic carbocycles. The number of carboxylic acid groups (broad SMARTS) is 1. The first-order chi connectivity index (χ1) is 8.81. The molecule has 1 atom stereocenters. The molecule has 104 valence electrons. The van der Waals surface area contributed by atoms with Crippen LogP contribution >= 0.6 is 23.2 Å². The Morgan fingerprint density at radius 2 is 2.00 bits per heavy atom. The van der Waals surface area contributed by atoms with E-state index in [0.717, 1.165) is 5.56 Å². The summed E-state index contributed by atoms with van der Waals surface area (Å²) in [6, 6.07) is 2.31. The SMILES string of the molecule is Cc1ccc(Cl)c(NC(=O)NC(C)CC(=O)O)c1Cl. The smallest absolute Gasteiger partial charge is 0.319 e. The molecule has 0 aliphatic heterocycles. The lowest BCUT2D eigenvalue weighted by Gasteiger charge is -2.15. The number of aryl methyl sites for hydroxylation is 1. The van der Waals surface area contributed by atoms with Crippen molar-refractivity contribution in [3.63, 3.8) is 0 Å². The predicted molar refractivity (Wildman–Crippen MR) is 75.1 cm³/mol. The van der Waals surface area contributed by atoms with Crippen molar-refractivity contribution in [2.24, 2.45) is 0 Å². The number of carbonyl (C=O) groups is 2. The Kier molecular flexibility index (Phi) is 5.44. The number of carbonyl (C=O) groups excluding carboxylic acids is 1. The van der Waals surface area contributed by atoms with Gasteiger partial charge in [-0.05, 0) is 25.5 Å². The molecular weight excluding hydrogens is 291 g/mol. The van der Waals surface area contributed by atoms with E-state index in [2.05, 4.69) is 10.6 Å². The molecule has 1 aromatic rings. The monoisotopic (exact) mass is 304 g/mol. The van der Waals surface area contributed by atoms with Gasteiger partial charge in [-0.2, -0.15) is 0 Å². The van der Waals surface area contributed by atoms with E-state index in [0.29, 0.717) is 15.7 Å². The lowest BCUT2D eigenvalue weighted by molar-refractivity contribution is -0.137. The average molecular weight is 305 g/mol. The topological polar surface area (TPSA) is 78.4 Å². The van der Waals surface area contributed by atoms with E-state index in [1.807, 2.05) is 0 Å². The lowest BCUT2D eigenvalue weighted by atomic mass is 10.2. The van der Waals surface area contributed by atoms with Crippen LogP contribution in [0.5, 0.6) is 0 Å². The zero-order valence-electron chi connectivity index (χ0n) is 10.5. The molecular formula is C12H14Cl2N2O3. The number of nitrogens with one attached hydrogen (secondary N) is 2. The van der Waals surface area contributed by atoms with Gasteiger partial charge in [0, 0.05) is 6.04 Å². The number of carboxylic acids is 1. The van der Waals surface area contributed by atoms with Crippen LogP contribution in [0.4, 0.5) is 10.5 Å². The van der Waals surface area contributed by atoms with Crippen LogP contribution in [-0.2, 0) is 4.79 Å². The summed E-state index contributed by atoms with van der Waals surface area (Å²) < 4.78 is 0. The van der Waals surface area contributed by atoms with Gasteiger partial charge in [0.25, 0.3) is 0 Å². The molecule has 0 spiro atoms. The summed E-state index contributed by atoms with van der Waals surface area (Å²) >= 11 is 12.0. The number of urea groups is 1. The van der Waals surface area contributed by atoms with Crippen LogP contribution in [0.1, 0.15) is 18.9 Å². The number of hydrogen-bond donors (Lipinski definition) is 3. The number of aliphatic carboxylic acids is 1. The molecule has 3 N–H and O–H groups in total. The average Bonchev–Trinajstić information content (AvgIpc) is 2.28. The Bertz CT molecular complexity index is 506. The van der Waals surface area contributed by atoms with E-state index in [-0.39, 0.29) is 6.42 Å². The van der Waals surface area contributed by atoms with Gasteiger partial charge in [-0.25, -0.2) is 4.79 Å². The number of rotatable bonds is 4. The Hall–Kier alpha value is -1.46. The third-order valence-electron chi connectivity index (χ3n) is 2.38. The number of amides is 2. The van der Waals surface area contributed by atoms with E-state index in [9.17, 15) is 9.59 Å². The Balaban J connectivity index is 2.72. The van der Waals surface area contributed by atoms with E-state index in [1.165, 1.54) is 0 Å². The fourth-order valence-corrected chi connectivity index (χ4v) is 1.92. The standard InChI is InChI=1S/C12H14Cl2N2O3/c1-6-3-4-8(13)11(10(6)14)16-12(19)15-7(2)5-9(17)18/h3-4,7H,5H2,1-2H3,(H,17,18)(H2,15,16,19). The highest BCUT2D eigenvalue weighted by Crippen LogP contribution is 2.32. The number of halogens is 2. The summed E-state index contributed by atoms with van der Waals surface area (Å²) in [4.78, 5) is 22.2. The normalized spacial score (nSPS) is 11.8. The molecule has 0 fully saturated rings. The van der Waals surface area contributed by atoms with E-state index >= 15 is 0 Å². The molecule has 0 heterocycles. The molecule has 1 aromatic carbocycles. The van der Waals surface area contributed by atoms with E-state index < -0.39 is 18.0 Å². The lowest BCUT2D eigenvalue weighted by Crippen LogP contribution is -2.37. The van der Waals surface area contributed by atoms with Crippen molar-refractivity contribution in [1.82, 2.24) is 5.32 Å². The van der Waals surface area contributed by atoms with Crippen LogP contribution in [0.15, 0.2) is 12.1 Å². The number of benzene rings is 1. The summed E-state index contributed by atoms with van der Waals surface area (Å²) in [6.45, 7) is 3.38. The van der Waals surface area contributed by atoms with Crippen LogP contribution in [0.2, 0.25) is 10.0 Å². The molecule has 0 saturated carbocycles. The van der Waals surface area contributed by atoms with Gasteiger partial charge in [-0.15, -0.1) is 0 Å². The minimum absolute atomic E-state index is 0.164. The van der Waals surface area contributed by atoms with Gasteiger partial charge in [0.2, 0.25) is 0 Å². The summed E-state index contributed by atoms with van der Waals surface area (Å²) in [5.41, 5.74) is 1.09. The molecule has 7 heteroatoms. The second-order valence-corrected chi connectivity index (χ2v) is 4.94. The van der Waals surface area contributed by atoms with Crippen molar-refractivity contribution in [3.05, 3.63) is 27.7 Å². The van der Waals surface area contributed by atoms with Crippen molar-refractivity contribution >= 4 is 40.9 Å². The molecule has 1 unspecified atom stereocenters.